The average Bonchev–Trinajstić information content (AvgIpc) is 2.90. The summed E-state index contributed by atoms with van der Waals surface area (Å²) in [7, 11) is 1.66. The zero-order chi connectivity index (χ0) is 13.9. The predicted molar refractivity (Wildman–Crippen MR) is 86.1 cm³/mol. The lowest BCUT2D eigenvalue weighted by Gasteiger charge is -2.07. The van der Waals surface area contributed by atoms with Gasteiger partial charge in [0.15, 0.2) is 3.70 Å². The van der Waals surface area contributed by atoms with Crippen LogP contribution in [-0.2, 0) is 0 Å². The minimum absolute atomic E-state index is 0.824. The van der Waals surface area contributed by atoms with E-state index in [1.807, 2.05) is 47.1 Å². The summed E-state index contributed by atoms with van der Waals surface area (Å²) in [5, 5.41) is 8.42. The van der Waals surface area contributed by atoms with Crippen LogP contribution in [0.3, 0.4) is 0 Å². The summed E-state index contributed by atoms with van der Waals surface area (Å²) in [4.78, 5) is 0. The number of ether oxygens (including phenoxy) is 1. The first-order valence-corrected chi connectivity index (χ1v) is 7.18. The third-order valence-corrected chi connectivity index (χ3v) is 3.72. The number of hydrogen-bond donors (Lipinski definition) is 0. The van der Waals surface area contributed by atoms with Crippen LogP contribution in [0.25, 0.3) is 16.9 Å². The van der Waals surface area contributed by atoms with Crippen molar-refractivity contribution in [3.63, 3.8) is 0 Å². The van der Waals surface area contributed by atoms with Crippen molar-refractivity contribution in [2.75, 3.05) is 7.11 Å². The summed E-state index contributed by atoms with van der Waals surface area (Å²) in [5.74, 6) is 0.824. The molecule has 2 aromatic carbocycles. The molecule has 0 N–H and O–H groups in total. The second kappa shape index (κ2) is 5.62. The molecule has 0 aliphatic rings. The van der Waals surface area contributed by atoms with Crippen LogP contribution in [0.5, 0.6) is 5.75 Å². The number of hydrogen-bond acceptors (Lipinski definition) is 3. The van der Waals surface area contributed by atoms with Gasteiger partial charge < -0.3 is 4.74 Å². The van der Waals surface area contributed by atoms with Crippen LogP contribution in [0.4, 0.5) is 0 Å². The Labute approximate surface area is 130 Å². The molecule has 0 saturated carbocycles. The zero-order valence-electron chi connectivity index (χ0n) is 10.8. The molecule has 5 heteroatoms. The third kappa shape index (κ3) is 2.40. The van der Waals surface area contributed by atoms with Gasteiger partial charge in [0.05, 0.1) is 12.8 Å². The van der Waals surface area contributed by atoms with Crippen molar-refractivity contribution in [3.8, 4) is 22.7 Å². The Morgan fingerprint density at radius 3 is 2.35 bits per heavy atom. The summed E-state index contributed by atoms with van der Waals surface area (Å²) in [6, 6.07) is 17.9. The van der Waals surface area contributed by atoms with Crippen molar-refractivity contribution < 1.29 is 4.74 Å². The molecule has 0 amide bonds. The highest BCUT2D eigenvalue weighted by Gasteiger charge is 2.13. The van der Waals surface area contributed by atoms with E-state index in [1.54, 1.807) is 7.11 Å². The van der Waals surface area contributed by atoms with Gasteiger partial charge in [-0.05, 0) is 46.9 Å². The molecule has 0 fully saturated rings. The second-order valence-corrected chi connectivity index (χ2v) is 5.23. The van der Waals surface area contributed by atoms with Crippen LogP contribution in [0.1, 0.15) is 0 Å². The van der Waals surface area contributed by atoms with E-state index in [0.717, 1.165) is 26.4 Å². The number of benzene rings is 2. The molecule has 0 spiro atoms. The largest absolute Gasteiger partial charge is 0.497 e. The van der Waals surface area contributed by atoms with Crippen LogP contribution in [-0.4, -0.2) is 22.1 Å². The molecule has 4 nitrogen and oxygen atoms in total. The third-order valence-electron chi connectivity index (χ3n) is 2.99. The summed E-state index contributed by atoms with van der Waals surface area (Å²) in [6.07, 6.45) is 0. The highest BCUT2D eigenvalue weighted by molar-refractivity contribution is 14.1. The van der Waals surface area contributed by atoms with E-state index >= 15 is 0 Å². The highest BCUT2D eigenvalue weighted by atomic mass is 127. The Kier molecular flexibility index (Phi) is 3.68. The van der Waals surface area contributed by atoms with E-state index in [9.17, 15) is 0 Å². The van der Waals surface area contributed by atoms with Crippen molar-refractivity contribution in [3.05, 3.63) is 58.3 Å². The first-order valence-electron chi connectivity index (χ1n) is 6.10. The van der Waals surface area contributed by atoms with E-state index < -0.39 is 0 Å². The minimum Gasteiger partial charge on any atom is -0.497 e. The van der Waals surface area contributed by atoms with E-state index in [0.29, 0.717) is 0 Å². The zero-order valence-corrected chi connectivity index (χ0v) is 13.0. The molecule has 1 heterocycles. The Bertz CT molecular complexity index is 708. The fraction of sp³-hybridized carbons (Fsp3) is 0.0667. The number of halogens is 1. The quantitative estimate of drug-likeness (QED) is 0.656. The minimum atomic E-state index is 0.824. The van der Waals surface area contributed by atoms with E-state index in [-0.39, 0.29) is 0 Å². The predicted octanol–water partition coefficient (Wildman–Crippen LogP) is 3.55. The monoisotopic (exact) mass is 377 g/mol. The van der Waals surface area contributed by atoms with Gasteiger partial charge in [0, 0.05) is 5.56 Å². The van der Waals surface area contributed by atoms with Crippen molar-refractivity contribution in [2.24, 2.45) is 0 Å². The molecule has 20 heavy (non-hydrogen) atoms. The molecule has 3 rings (SSSR count). The lowest BCUT2D eigenvalue weighted by molar-refractivity contribution is 0.414. The van der Waals surface area contributed by atoms with Crippen LogP contribution >= 0.6 is 22.6 Å². The molecule has 0 radical (unpaired) electrons. The van der Waals surface area contributed by atoms with Crippen LogP contribution in [0.2, 0.25) is 0 Å². The van der Waals surface area contributed by atoms with Crippen LogP contribution in [0, 0.1) is 3.70 Å². The highest BCUT2D eigenvalue weighted by Crippen LogP contribution is 2.26. The van der Waals surface area contributed by atoms with Crippen molar-refractivity contribution in [1.29, 1.82) is 0 Å². The Balaban J connectivity index is 2.11. The maximum Gasteiger partial charge on any atom is 0.151 e. The summed E-state index contributed by atoms with van der Waals surface area (Å²) < 4.78 is 7.90. The number of aromatic nitrogens is 3. The van der Waals surface area contributed by atoms with E-state index in [2.05, 4.69) is 45.0 Å². The lowest BCUT2D eigenvalue weighted by atomic mass is 10.1. The molecular weight excluding hydrogens is 365 g/mol. The number of rotatable bonds is 3. The molecule has 0 unspecified atom stereocenters. The first-order chi connectivity index (χ1) is 9.79. The summed E-state index contributed by atoms with van der Waals surface area (Å²) in [5.41, 5.74) is 3.05. The van der Waals surface area contributed by atoms with Gasteiger partial charge in [0.2, 0.25) is 0 Å². The van der Waals surface area contributed by atoms with Gasteiger partial charge in [-0.25, -0.2) is 4.68 Å². The van der Waals surface area contributed by atoms with Gasteiger partial charge in [-0.1, -0.05) is 35.5 Å². The van der Waals surface area contributed by atoms with Gasteiger partial charge in [-0.3, -0.25) is 0 Å². The van der Waals surface area contributed by atoms with Gasteiger partial charge in [-0.15, -0.1) is 5.10 Å². The molecule has 0 aliphatic carbocycles. The summed E-state index contributed by atoms with van der Waals surface area (Å²) >= 11 is 2.21. The SMILES string of the molecule is COc1ccc(-n2nnc(I)c2-c2ccccc2)cc1. The second-order valence-electron chi connectivity index (χ2n) is 4.20. The van der Waals surface area contributed by atoms with Crippen molar-refractivity contribution >= 4 is 22.6 Å². The standard InChI is InChI=1S/C15H12IN3O/c1-20-13-9-7-12(8-10-13)19-14(15(16)17-18-19)11-5-3-2-4-6-11/h2-10H,1H3. The van der Waals surface area contributed by atoms with E-state index in [4.69, 9.17) is 4.74 Å². The molecule has 1 aromatic heterocycles. The van der Waals surface area contributed by atoms with Crippen LogP contribution in [0.15, 0.2) is 54.6 Å². The maximum absolute atomic E-state index is 5.18. The molecular formula is C15H12IN3O. The van der Waals surface area contributed by atoms with Crippen molar-refractivity contribution in [1.82, 2.24) is 15.0 Å². The normalized spacial score (nSPS) is 10.5. The Morgan fingerprint density at radius 2 is 1.70 bits per heavy atom. The molecule has 0 atom stereocenters. The van der Waals surface area contributed by atoms with Gasteiger partial charge >= 0.3 is 0 Å². The maximum atomic E-state index is 5.18. The fourth-order valence-electron chi connectivity index (χ4n) is 2.01. The smallest absolute Gasteiger partial charge is 0.151 e. The van der Waals surface area contributed by atoms with Gasteiger partial charge in [0.1, 0.15) is 11.4 Å². The summed E-state index contributed by atoms with van der Waals surface area (Å²) in [6.45, 7) is 0. The molecule has 0 aliphatic heterocycles. The average molecular weight is 377 g/mol. The number of methoxy groups -OCH3 is 1. The topological polar surface area (TPSA) is 39.9 Å². The Hall–Kier alpha value is -1.89. The lowest BCUT2D eigenvalue weighted by Crippen LogP contribution is -1.99. The molecule has 3 aromatic rings. The van der Waals surface area contributed by atoms with Crippen molar-refractivity contribution in [2.45, 2.75) is 0 Å². The fourth-order valence-corrected chi connectivity index (χ4v) is 2.64. The van der Waals surface area contributed by atoms with Gasteiger partial charge in [0.25, 0.3) is 0 Å². The molecule has 100 valence electrons. The van der Waals surface area contributed by atoms with Crippen LogP contribution < -0.4 is 4.74 Å². The first kappa shape index (κ1) is 13.1. The van der Waals surface area contributed by atoms with Gasteiger partial charge in [-0.2, -0.15) is 0 Å². The molecule has 0 saturated heterocycles. The Morgan fingerprint density at radius 1 is 1.00 bits per heavy atom. The number of nitrogens with zero attached hydrogens (tertiary/aromatic N) is 3. The van der Waals surface area contributed by atoms with E-state index in [1.165, 1.54) is 0 Å². The molecule has 0 bridgehead atoms.